The van der Waals surface area contributed by atoms with Gasteiger partial charge in [-0.2, -0.15) is 0 Å². The molecule has 3 rings (SSSR count). The molecule has 0 spiro atoms. The Balaban J connectivity index is 1.43. The minimum Gasteiger partial charge on any atom is -0.396 e. The summed E-state index contributed by atoms with van der Waals surface area (Å²) in [4.78, 5) is 12.2. The van der Waals surface area contributed by atoms with Gasteiger partial charge in [0.25, 0.3) is 0 Å². The minimum atomic E-state index is -0.0139. The van der Waals surface area contributed by atoms with E-state index in [1.165, 1.54) is 0 Å². The zero-order valence-electron chi connectivity index (χ0n) is 12.7. The molecule has 3 atom stereocenters. The molecule has 5 nitrogen and oxygen atoms in total. The molecule has 3 aliphatic rings. The average molecular weight is 296 g/mol. The van der Waals surface area contributed by atoms with Crippen LogP contribution in [0.2, 0.25) is 0 Å². The van der Waals surface area contributed by atoms with Crippen molar-refractivity contribution in [3.63, 3.8) is 0 Å². The van der Waals surface area contributed by atoms with Gasteiger partial charge in [0.05, 0.1) is 6.10 Å². The number of hydrogen-bond donors (Lipinski definition) is 3. The standard InChI is InChI=1S/C16H28N2O3/c19-10-11-4-6-12(7-5-11)17-16(20)18-14-2-1-3-15-13(14)8-9-21-15/h11-15,19H,1-10H2,(H2,17,18,20). The summed E-state index contributed by atoms with van der Waals surface area (Å²) >= 11 is 0. The van der Waals surface area contributed by atoms with Gasteiger partial charge in [0.1, 0.15) is 0 Å². The Hall–Kier alpha value is -0.810. The lowest BCUT2D eigenvalue weighted by Gasteiger charge is -2.34. The van der Waals surface area contributed by atoms with Crippen LogP contribution in [0.4, 0.5) is 4.79 Å². The van der Waals surface area contributed by atoms with Crippen LogP contribution in [0, 0.1) is 11.8 Å². The Labute approximate surface area is 126 Å². The quantitative estimate of drug-likeness (QED) is 0.743. The Morgan fingerprint density at radius 1 is 1.05 bits per heavy atom. The van der Waals surface area contributed by atoms with Crippen LogP contribution in [0.3, 0.4) is 0 Å². The van der Waals surface area contributed by atoms with E-state index in [0.717, 1.165) is 58.0 Å². The lowest BCUT2D eigenvalue weighted by molar-refractivity contribution is 0.0548. The number of ether oxygens (including phenoxy) is 1. The predicted octanol–water partition coefficient (Wildman–Crippen LogP) is 1.79. The molecule has 21 heavy (non-hydrogen) atoms. The number of aliphatic hydroxyl groups excluding tert-OH is 1. The van der Waals surface area contributed by atoms with Gasteiger partial charge in [-0.25, -0.2) is 4.79 Å². The summed E-state index contributed by atoms with van der Waals surface area (Å²) in [6.45, 7) is 1.13. The normalized spacial score (nSPS) is 39.6. The van der Waals surface area contributed by atoms with Gasteiger partial charge in [-0.15, -0.1) is 0 Å². The number of urea groups is 1. The zero-order chi connectivity index (χ0) is 14.7. The molecule has 120 valence electrons. The Morgan fingerprint density at radius 2 is 1.86 bits per heavy atom. The van der Waals surface area contributed by atoms with Crippen LogP contribution in [0.1, 0.15) is 51.4 Å². The van der Waals surface area contributed by atoms with E-state index in [0.29, 0.717) is 17.9 Å². The first-order chi connectivity index (χ1) is 10.3. The van der Waals surface area contributed by atoms with E-state index in [-0.39, 0.29) is 24.7 Å². The molecular weight excluding hydrogens is 268 g/mol. The molecule has 3 fully saturated rings. The number of hydrogen-bond acceptors (Lipinski definition) is 3. The highest BCUT2D eigenvalue weighted by molar-refractivity contribution is 5.74. The topological polar surface area (TPSA) is 70.6 Å². The Kier molecular flexibility index (Phi) is 5.01. The van der Waals surface area contributed by atoms with Crippen molar-refractivity contribution in [3.8, 4) is 0 Å². The molecule has 0 radical (unpaired) electrons. The lowest BCUT2D eigenvalue weighted by Crippen LogP contribution is -2.51. The van der Waals surface area contributed by atoms with Crippen LogP contribution >= 0.6 is 0 Å². The van der Waals surface area contributed by atoms with Crippen LogP contribution in [-0.2, 0) is 4.74 Å². The molecule has 2 aliphatic carbocycles. The SMILES string of the molecule is O=C(NC1CCC(CO)CC1)NC1CCCC2OCCC12. The van der Waals surface area contributed by atoms with Gasteiger partial charge in [-0.3, -0.25) is 0 Å². The van der Waals surface area contributed by atoms with Crippen molar-refractivity contribution in [1.29, 1.82) is 0 Å². The smallest absolute Gasteiger partial charge is 0.315 e. The van der Waals surface area contributed by atoms with Gasteiger partial charge in [0, 0.05) is 31.2 Å². The second-order valence-electron chi connectivity index (χ2n) is 6.92. The highest BCUT2D eigenvalue weighted by atomic mass is 16.5. The largest absolute Gasteiger partial charge is 0.396 e. The number of aliphatic hydroxyl groups is 1. The van der Waals surface area contributed by atoms with Crippen molar-refractivity contribution in [2.45, 2.75) is 69.6 Å². The highest BCUT2D eigenvalue weighted by Gasteiger charge is 2.38. The number of rotatable bonds is 3. The monoisotopic (exact) mass is 296 g/mol. The third kappa shape index (κ3) is 3.69. The van der Waals surface area contributed by atoms with Crippen molar-refractivity contribution >= 4 is 6.03 Å². The molecule has 1 aliphatic heterocycles. The highest BCUT2D eigenvalue weighted by Crippen LogP contribution is 2.34. The summed E-state index contributed by atoms with van der Waals surface area (Å²) in [6, 6.07) is 0.534. The molecule has 0 aromatic heterocycles. The molecule has 2 amide bonds. The van der Waals surface area contributed by atoms with Crippen molar-refractivity contribution in [2.75, 3.05) is 13.2 Å². The maximum Gasteiger partial charge on any atom is 0.315 e. The summed E-state index contributed by atoms with van der Waals surface area (Å²) < 4.78 is 5.75. The summed E-state index contributed by atoms with van der Waals surface area (Å²) in [6.07, 6.45) is 8.82. The summed E-state index contributed by atoms with van der Waals surface area (Å²) in [5.74, 6) is 0.940. The van der Waals surface area contributed by atoms with Crippen LogP contribution in [-0.4, -0.2) is 42.5 Å². The summed E-state index contributed by atoms with van der Waals surface area (Å²) in [5, 5.41) is 15.5. The number of nitrogens with one attached hydrogen (secondary N) is 2. The maximum atomic E-state index is 12.2. The fourth-order valence-corrected chi connectivity index (χ4v) is 4.24. The molecule has 0 aromatic rings. The van der Waals surface area contributed by atoms with Gasteiger partial charge in [0.15, 0.2) is 0 Å². The molecule has 5 heteroatoms. The second kappa shape index (κ2) is 6.97. The van der Waals surface area contributed by atoms with E-state index in [4.69, 9.17) is 9.84 Å². The van der Waals surface area contributed by atoms with Crippen LogP contribution in [0.15, 0.2) is 0 Å². The van der Waals surface area contributed by atoms with E-state index in [1.54, 1.807) is 0 Å². The molecule has 1 heterocycles. The number of carbonyl (C=O) groups is 1. The molecule has 3 unspecified atom stereocenters. The van der Waals surface area contributed by atoms with Crippen molar-refractivity contribution < 1.29 is 14.6 Å². The van der Waals surface area contributed by atoms with Gasteiger partial charge >= 0.3 is 6.03 Å². The first-order valence-corrected chi connectivity index (χ1v) is 8.55. The zero-order valence-corrected chi connectivity index (χ0v) is 12.7. The fraction of sp³-hybridized carbons (Fsp3) is 0.938. The van der Waals surface area contributed by atoms with Crippen LogP contribution in [0.5, 0.6) is 0 Å². The van der Waals surface area contributed by atoms with Crippen LogP contribution in [0.25, 0.3) is 0 Å². The van der Waals surface area contributed by atoms with E-state index < -0.39 is 0 Å². The van der Waals surface area contributed by atoms with Gasteiger partial charge in [0.2, 0.25) is 0 Å². The number of fused-ring (bicyclic) bond motifs is 1. The van der Waals surface area contributed by atoms with E-state index in [2.05, 4.69) is 10.6 Å². The molecule has 2 saturated carbocycles. The number of amides is 2. The summed E-state index contributed by atoms with van der Waals surface area (Å²) in [7, 11) is 0. The second-order valence-corrected chi connectivity index (χ2v) is 6.92. The van der Waals surface area contributed by atoms with E-state index in [1.807, 2.05) is 0 Å². The van der Waals surface area contributed by atoms with Gasteiger partial charge in [-0.1, -0.05) is 0 Å². The Bertz CT molecular complexity index is 355. The fourth-order valence-electron chi connectivity index (χ4n) is 4.24. The predicted molar refractivity (Wildman–Crippen MR) is 80.0 cm³/mol. The molecule has 0 bridgehead atoms. The van der Waals surface area contributed by atoms with Gasteiger partial charge < -0.3 is 20.5 Å². The van der Waals surface area contributed by atoms with E-state index in [9.17, 15) is 4.79 Å². The van der Waals surface area contributed by atoms with Crippen molar-refractivity contribution in [2.24, 2.45) is 11.8 Å². The third-order valence-electron chi connectivity index (χ3n) is 5.54. The Morgan fingerprint density at radius 3 is 2.62 bits per heavy atom. The van der Waals surface area contributed by atoms with Crippen molar-refractivity contribution in [1.82, 2.24) is 10.6 Å². The van der Waals surface area contributed by atoms with E-state index >= 15 is 0 Å². The first kappa shape index (κ1) is 15.1. The molecule has 1 saturated heterocycles. The van der Waals surface area contributed by atoms with Gasteiger partial charge in [-0.05, 0) is 57.3 Å². The third-order valence-corrected chi connectivity index (χ3v) is 5.54. The first-order valence-electron chi connectivity index (χ1n) is 8.55. The molecular formula is C16H28N2O3. The molecule has 0 aromatic carbocycles. The van der Waals surface area contributed by atoms with Crippen molar-refractivity contribution in [3.05, 3.63) is 0 Å². The lowest BCUT2D eigenvalue weighted by atomic mass is 9.82. The average Bonchev–Trinajstić information content (AvgIpc) is 2.97. The molecule has 3 N–H and O–H groups in total. The maximum absolute atomic E-state index is 12.2. The number of carbonyl (C=O) groups excluding carboxylic acids is 1. The van der Waals surface area contributed by atoms with Crippen LogP contribution < -0.4 is 10.6 Å². The summed E-state index contributed by atoms with van der Waals surface area (Å²) in [5.41, 5.74) is 0. The minimum absolute atomic E-state index is 0.0139.